The van der Waals surface area contributed by atoms with Crippen LogP contribution in [0.2, 0.25) is 0 Å². The van der Waals surface area contributed by atoms with Gasteiger partial charge in [0.15, 0.2) is 0 Å². The molecule has 0 bridgehead atoms. The predicted octanol–water partition coefficient (Wildman–Crippen LogP) is 4.59. The first-order valence-corrected chi connectivity index (χ1v) is 8.34. The van der Waals surface area contributed by atoms with Gasteiger partial charge >= 0.3 is 0 Å². The molecule has 6 heteroatoms. The summed E-state index contributed by atoms with van der Waals surface area (Å²) < 4.78 is 10.9. The minimum absolute atomic E-state index is 0.181. The maximum absolute atomic E-state index is 12.3. The van der Waals surface area contributed by atoms with Crippen LogP contribution in [0.3, 0.4) is 0 Å². The Morgan fingerprint density at radius 3 is 2.42 bits per heavy atom. The summed E-state index contributed by atoms with van der Waals surface area (Å²) in [6, 6.07) is 14.2. The molecular formula is C18H16N2O3S. The number of ether oxygens (including phenoxy) is 2. The number of nitrogens with zero attached hydrogens (tertiary/aromatic N) is 1. The van der Waals surface area contributed by atoms with Gasteiger partial charge in [0.05, 0.1) is 6.61 Å². The van der Waals surface area contributed by atoms with Crippen molar-refractivity contribution >= 4 is 22.9 Å². The highest BCUT2D eigenvalue weighted by Gasteiger charge is 2.07. The molecule has 1 heterocycles. The SMILES string of the molecule is CCOc1ccc(NC(=O)c2ccc(Oc3nccs3)cc2)cc1. The van der Waals surface area contributed by atoms with Crippen LogP contribution >= 0.6 is 11.3 Å². The van der Waals surface area contributed by atoms with E-state index in [2.05, 4.69) is 10.3 Å². The van der Waals surface area contributed by atoms with E-state index < -0.39 is 0 Å². The second-order valence-electron chi connectivity index (χ2n) is 4.84. The number of anilines is 1. The minimum Gasteiger partial charge on any atom is -0.494 e. The molecule has 2 aromatic carbocycles. The molecule has 3 rings (SSSR count). The zero-order valence-corrected chi connectivity index (χ0v) is 13.9. The van der Waals surface area contributed by atoms with E-state index in [1.54, 1.807) is 30.5 Å². The third kappa shape index (κ3) is 4.11. The highest BCUT2D eigenvalue weighted by molar-refractivity contribution is 7.11. The van der Waals surface area contributed by atoms with Gasteiger partial charge in [0.2, 0.25) is 0 Å². The number of amides is 1. The maximum Gasteiger partial charge on any atom is 0.278 e. The summed E-state index contributed by atoms with van der Waals surface area (Å²) in [7, 11) is 0. The quantitative estimate of drug-likeness (QED) is 0.713. The van der Waals surface area contributed by atoms with Crippen molar-refractivity contribution < 1.29 is 14.3 Å². The molecule has 0 saturated carbocycles. The van der Waals surface area contributed by atoms with E-state index in [-0.39, 0.29) is 5.91 Å². The maximum atomic E-state index is 12.3. The fourth-order valence-corrected chi connectivity index (χ4v) is 2.54. The molecule has 1 N–H and O–H groups in total. The van der Waals surface area contributed by atoms with Crippen LogP contribution in [0.5, 0.6) is 16.7 Å². The van der Waals surface area contributed by atoms with Gasteiger partial charge in [-0.2, -0.15) is 0 Å². The molecule has 3 aromatic rings. The summed E-state index contributed by atoms with van der Waals surface area (Å²) in [5, 5.41) is 5.26. The van der Waals surface area contributed by atoms with Crippen molar-refractivity contribution in [1.82, 2.24) is 4.98 Å². The normalized spacial score (nSPS) is 10.2. The van der Waals surface area contributed by atoms with E-state index in [0.29, 0.717) is 28.8 Å². The van der Waals surface area contributed by atoms with Gasteiger partial charge in [0, 0.05) is 22.8 Å². The van der Waals surface area contributed by atoms with Gasteiger partial charge in [-0.1, -0.05) is 11.3 Å². The van der Waals surface area contributed by atoms with Crippen LogP contribution in [0.25, 0.3) is 0 Å². The number of carbonyl (C=O) groups excluding carboxylic acids is 1. The van der Waals surface area contributed by atoms with Crippen molar-refractivity contribution in [2.75, 3.05) is 11.9 Å². The van der Waals surface area contributed by atoms with E-state index in [1.165, 1.54) is 11.3 Å². The molecule has 0 aliphatic rings. The second kappa shape index (κ2) is 7.61. The fraction of sp³-hybridized carbons (Fsp3) is 0.111. The summed E-state index contributed by atoms with van der Waals surface area (Å²) in [5.41, 5.74) is 1.27. The standard InChI is InChI=1S/C18H16N2O3S/c1-2-22-15-9-5-14(6-10-15)20-17(21)13-3-7-16(8-4-13)23-18-19-11-12-24-18/h3-12H,2H2,1H3,(H,20,21). The number of carbonyl (C=O) groups is 1. The van der Waals surface area contributed by atoms with Gasteiger partial charge in [-0.3, -0.25) is 4.79 Å². The lowest BCUT2D eigenvalue weighted by atomic mass is 10.2. The number of thiazole rings is 1. The molecule has 0 spiro atoms. The topological polar surface area (TPSA) is 60.5 Å². The highest BCUT2D eigenvalue weighted by atomic mass is 32.1. The monoisotopic (exact) mass is 340 g/mol. The molecule has 0 aliphatic heterocycles. The van der Waals surface area contributed by atoms with Crippen molar-refractivity contribution in [2.45, 2.75) is 6.92 Å². The molecule has 5 nitrogen and oxygen atoms in total. The van der Waals surface area contributed by atoms with Gasteiger partial charge in [-0.25, -0.2) is 4.98 Å². The zero-order chi connectivity index (χ0) is 16.8. The molecule has 1 amide bonds. The summed E-state index contributed by atoms with van der Waals surface area (Å²) in [6.45, 7) is 2.54. The number of nitrogens with one attached hydrogen (secondary N) is 1. The third-order valence-corrected chi connectivity index (χ3v) is 3.80. The number of hydrogen-bond acceptors (Lipinski definition) is 5. The van der Waals surface area contributed by atoms with Crippen LogP contribution in [0, 0.1) is 0 Å². The first-order valence-electron chi connectivity index (χ1n) is 7.46. The molecule has 0 radical (unpaired) electrons. The summed E-state index contributed by atoms with van der Waals surface area (Å²) >= 11 is 1.41. The van der Waals surface area contributed by atoms with Crippen molar-refractivity contribution in [3.63, 3.8) is 0 Å². The number of hydrogen-bond donors (Lipinski definition) is 1. The summed E-state index contributed by atoms with van der Waals surface area (Å²) in [4.78, 5) is 16.3. The summed E-state index contributed by atoms with van der Waals surface area (Å²) in [5.74, 6) is 1.24. The molecular weight excluding hydrogens is 324 g/mol. The van der Waals surface area contributed by atoms with Crippen molar-refractivity contribution in [1.29, 1.82) is 0 Å². The molecule has 1 aromatic heterocycles. The largest absolute Gasteiger partial charge is 0.494 e. The van der Waals surface area contributed by atoms with Gasteiger partial charge < -0.3 is 14.8 Å². The Bertz CT molecular complexity index is 784. The number of rotatable bonds is 6. The molecule has 0 fully saturated rings. The van der Waals surface area contributed by atoms with E-state index in [9.17, 15) is 4.79 Å². The van der Waals surface area contributed by atoms with Crippen molar-refractivity contribution in [2.24, 2.45) is 0 Å². The molecule has 0 aliphatic carbocycles. The minimum atomic E-state index is -0.181. The smallest absolute Gasteiger partial charge is 0.278 e. The molecule has 0 atom stereocenters. The first-order chi connectivity index (χ1) is 11.7. The fourth-order valence-electron chi connectivity index (χ4n) is 2.04. The van der Waals surface area contributed by atoms with Crippen LogP contribution in [-0.2, 0) is 0 Å². The average Bonchev–Trinajstić information content (AvgIpc) is 3.10. The van der Waals surface area contributed by atoms with Crippen LogP contribution < -0.4 is 14.8 Å². The Hall–Kier alpha value is -2.86. The van der Waals surface area contributed by atoms with E-state index in [4.69, 9.17) is 9.47 Å². The van der Waals surface area contributed by atoms with Crippen LogP contribution in [0.15, 0.2) is 60.1 Å². The van der Waals surface area contributed by atoms with Crippen LogP contribution in [0.1, 0.15) is 17.3 Å². The third-order valence-electron chi connectivity index (χ3n) is 3.15. The first kappa shape index (κ1) is 16.0. The second-order valence-corrected chi connectivity index (χ2v) is 5.69. The molecule has 122 valence electrons. The molecule has 0 unspecified atom stereocenters. The van der Waals surface area contributed by atoms with Gasteiger partial charge in [0.25, 0.3) is 11.1 Å². The van der Waals surface area contributed by atoms with Crippen LogP contribution in [0.4, 0.5) is 5.69 Å². The van der Waals surface area contributed by atoms with E-state index in [1.807, 2.05) is 36.6 Å². The van der Waals surface area contributed by atoms with Gasteiger partial charge in [0.1, 0.15) is 11.5 Å². The van der Waals surface area contributed by atoms with Crippen molar-refractivity contribution in [3.05, 3.63) is 65.7 Å². The lowest BCUT2D eigenvalue weighted by Crippen LogP contribution is -2.11. The predicted molar refractivity (Wildman–Crippen MR) is 94.2 cm³/mol. The van der Waals surface area contributed by atoms with Crippen LogP contribution in [-0.4, -0.2) is 17.5 Å². The number of aromatic nitrogens is 1. The summed E-state index contributed by atoms with van der Waals surface area (Å²) in [6.07, 6.45) is 1.68. The van der Waals surface area contributed by atoms with E-state index >= 15 is 0 Å². The van der Waals surface area contributed by atoms with Crippen molar-refractivity contribution in [3.8, 4) is 16.7 Å². The Labute approximate surface area is 143 Å². The Kier molecular flexibility index (Phi) is 5.08. The van der Waals surface area contributed by atoms with E-state index in [0.717, 1.165) is 5.75 Å². The molecule has 0 saturated heterocycles. The number of benzene rings is 2. The van der Waals surface area contributed by atoms with Gasteiger partial charge in [-0.05, 0) is 55.5 Å². The van der Waals surface area contributed by atoms with Gasteiger partial charge in [-0.15, -0.1) is 0 Å². The lowest BCUT2D eigenvalue weighted by molar-refractivity contribution is 0.102. The average molecular weight is 340 g/mol. The Morgan fingerprint density at radius 2 is 1.79 bits per heavy atom. The molecule has 24 heavy (non-hydrogen) atoms. The highest BCUT2D eigenvalue weighted by Crippen LogP contribution is 2.23. The lowest BCUT2D eigenvalue weighted by Gasteiger charge is -2.08. The zero-order valence-electron chi connectivity index (χ0n) is 13.1. The Balaban J connectivity index is 1.62. The Morgan fingerprint density at radius 1 is 1.08 bits per heavy atom.